The Bertz CT molecular complexity index is 764. The van der Waals surface area contributed by atoms with Crippen LogP contribution < -0.4 is 10.5 Å². The van der Waals surface area contributed by atoms with E-state index in [2.05, 4.69) is 15.6 Å². The Hall–Kier alpha value is -2.33. The zero-order chi connectivity index (χ0) is 14.8. The molecule has 3 rings (SSSR count). The Labute approximate surface area is 124 Å². The number of para-hydroxylation sites is 2. The molecule has 2 N–H and O–H groups in total. The van der Waals surface area contributed by atoms with Crippen LogP contribution in [0.2, 0.25) is 0 Å². The summed E-state index contributed by atoms with van der Waals surface area (Å²) in [6.45, 7) is 2.71. The van der Waals surface area contributed by atoms with Crippen molar-refractivity contribution in [2.45, 2.75) is 19.5 Å². The Morgan fingerprint density at radius 1 is 1.19 bits per heavy atom. The molecular formula is C17H19N3O. The summed E-state index contributed by atoms with van der Waals surface area (Å²) in [5, 5.41) is 0. The molecule has 1 heterocycles. The third-order valence-corrected chi connectivity index (χ3v) is 3.75. The second-order valence-corrected chi connectivity index (χ2v) is 5.14. The van der Waals surface area contributed by atoms with Crippen LogP contribution in [0, 0.1) is 6.92 Å². The highest BCUT2D eigenvalue weighted by atomic mass is 16.5. The van der Waals surface area contributed by atoms with Gasteiger partial charge in [-0.25, -0.2) is 4.98 Å². The Balaban J connectivity index is 1.92. The number of rotatable bonds is 4. The first-order valence-electron chi connectivity index (χ1n) is 7.00. The van der Waals surface area contributed by atoms with Gasteiger partial charge in [-0.05, 0) is 36.8 Å². The summed E-state index contributed by atoms with van der Waals surface area (Å²) in [7, 11) is 1.66. The fraction of sp³-hybridized carbons (Fsp3) is 0.235. The number of fused-ring (bicyclic) bond motifs is 1. The maximum atomic E-state index is 6.37. The number of nitrogens with zero attached hydrogens (tertiary/aromatic N) is 2. The monoisotopic (exact) mass is 281 g/mol. The SMILES string of the molecule is COc1cccc(C(N)Cn2c(C)nc3ccccc32)c1. The van der Waals surface area contributed by atoms with E-state index in [1.165, 1.54) is 0 Å². The molecular weight excluding hydrogens is 262 g/mol. The number of imidazole rings is 1. The van der Waals surface area contributed by atoms with E-state index in [-0.39, 0.29) is 6.04 Å². The van der Waals surface area contributed by atoms with Gasteiger partial charge in [0.2, 0.25) is 0 Å². The number of benzene rings is 2. The van der Waals surface area contributed by atoms with Crippen molar-refractivity contribution in [1.29, 1.82) is 0 Å². The average molecular weight is 281 g/mol. The van der Waals surface area contributed by atoms with Crippen molar-refractivity contribution in [2.24, 2.45) is 5.73 Å². The molecule has 0 radical (unpaired) electrons. The summed E-state index contributed by atoms with van der Waals surface area (Å²) in [5.41, 5.74) is 9.55. The number of ether oxygens (including phenoxy) is 1. The molecule has 1 atom stereocenters. The van der Waals surface area contributed by atoms with Crippen LogP contribution in [0.5, 0.6) is 5.75 Å². The second-order valence-electron chi connectivity index (χ2n) is 5.14. The van der Waals surface area contributed by atoms with E-state index in [0.717, 1.165) is 28.2 Å². The standard InChI is InChI=1S/C17H19N3O/c1-12-19-16-8-3-4-9-17(16)20(12)11-15(18)13-6-5-7-14(10-13)21-2/h3-10,15H,11,18H2,1-2H3. The van der Waals surface area contributed by atoms with E-state index in [0.29, 0.717) is 6.54 Å². The smallest absolute Gasteiger partial charge is 0.119 e. The first-order valence-corrected chi connectivity index (χ1v) is 7.00. The van der Waals surface area contributed by atoms with Gasteiger partial charge in [-0.2, -0.15) is 0 Å². The van der Waals surface area contributed by atoms with Gasteiger partial charge in [-0.15, -0.1) is 0 Å². The molecule has 4 heteroatoms. The van der Waals surface area contributed by atoms with Crippen LogP contribution in [0.1, 0.15) is 17.4 Å². The van der Waals surface area contributed by atoms with Crippen molar-refractivity contribution >= 4 is 11.0 Å². The van der Waals surface area contributed by atoms with Gasteiger partial charge in [0.05, 0.1) is 18.1 Å². The second kappa shape index (κ2) is 5.58. The highest BCUT2D eigenvalue weighted by Crippen LogP contribution is 2.22. The molecule has 1 unspecified atom stereocenters. The quantitative estimate of drug-likeness (QED) is 0.799. The number of aryl methyl sites for hydroxylation is 1. The van der Waals surface area contributed by atoms with Crippen LogP contribution in [0.15, 0.2) is 48.5 Å². The summed E-state index contributed by atoms with van der Waals surface area (Å²) in [4.78, 5) is 4.58. The summed E-state index contributed by atoms with van der Waals surface area (Å²) in [6, 6.07) is 15.9. The fourth-order valence-corrected chi connectivity index (χ4v) is 2.60. The minimum Gasteiger partial charge on any atom is -0.497 e. The lowest BCUT2D eigenvalue weighted by molar-refractivity contribution is 0.413. The number of hydrogen-bond donors (Lipinski definition) is 1. The zero-order valence-corrected chi connectivity index (χ0v) is 12.3. The van der Waals surface area contributed by atoms with E-state index in [4.69, 9.17) is 10.5 Å². The van der Waals surface area contributed by atoms with Crippen LogP contribution in [-0.4, -0.2) is 16.7 Å². The largest absolute Gasteiger partial charge is 0.497 e. The fourth-order valence-electron chi connectivity index (χ4n) is 2.60. The minimum absolute atomic E-state index is 0.101. The van der Waals surface area contributed by atoms with Crippen molar-refractivity contribution in [3.63, 3.8) is 0 Å². The summed E-state index contributed by atoms with van der Waals surface area (Å²) >= 11 is 0. The molecule has 108 valence electrons. The van der Waals surface area contributed by atoms with Crippen molar-refractivity contribution in [3.05, 3.63) is 59.9 Å². The highest BCUT2D eigenvalue weighted by molar-refractivity contribution is 5.75. The van der Waals surface area contributed by atoms with E-state index in [1.807, 2.05) is 49.4 Å². The Morgan fingerprint density at radius 3 is 2.81 bits per heavy atom. The molecule has 0 aliphatic carbocycles. The van der Waals surface area contributed by atoms with Gasteiger partial charge in [-0.1, -0.05) is 24.3 Å². The molecule has 0 aliphatic heterocycles. The van der Waals surface area contributed by atoms with Crippen molar-refractivity contribution in [1.82, 2.24) is 9.55 Å². The van der Waals surface area contributed by atoms with E-state index in [1.54, 1.807) is 7.11 Å². The molecule has 0 spiro atoms. The highest BCUT2D eigenvalue weighted by Gasteiger charge is 2.12. The third kappa shape index (κ3) is 2.62. The lowest BCUT2D eigenvalue weighted by Crippen LogP contribution is -2.18. The molecule has 0 fully saturated rings. The Kier molecular flexibility index (Phi) is 3.62. The summed E-state index contributed by atoms with van der Waals surface area (Å²) in [5.74, 6) is 1.81. The molecule has 4 nitrogen and oxygen atoms in total. The van der Waals surface area contributed by atoms with Crippen LogP contribution in [0.25, 0.3) is 11.0 Å². The molecule has 3 aromatic rings. The number of aromatic nitrogens is 2. The van der Waals surface area contributed by atoms with Gasteiger partial charge < -0.3 is 15.0 Å². The van der Waals surface area contributed by atoms with Crippen LogP contribution >= 0.6 is 0 Å². The molecule has 0 aliphatic rings. The van der Waals surface area contributed by atoms with Crippen LogP contribution in [-0.2, 0) is 6.54 Å². The molecule has 0 amide bonds. The number of hydrogen-bond acceptors (Lipinski definition) is 3. The van der Waals surface area contributed by atoms with Gasteiger partial charge in [0.25, 0.3) is 0 Å². The number of nitrogens with two attached hydrogens (primary N) is 1. The topological polar surface area (TPSA) is 53.1 Å². The summed E-state index contributed by atoms with van der Waals surface area (Å²) < 4.78 is 7.43. The van der Waals surface area contributed by atoms with Crippen molar-refractivity contribution < 1.29 is 4.74 Å². The molecule has 0 saturated heterocycles. The summed E-state index contributed by atoms with van der Waals surface area (Å²) in [6.07, 6.45) is 0. The third-order valence-electron chi connectivity index (χ3n) is 3.75. The van der Waals surface area contributed by atoms with E-state index in [9.17, 15) is 0 Å². The van der Waals surface area contributed by atoms with Gasteiger partial charge >= 0.3 is 0 Å². The predicted molar refractivity (Wildman–Crippen MR) is 84.4 cm³/mol. The average Bonchev–Trinajstić information content (AvgIpc) is 2.83. The normalized spacial score (nSPS) is 12.5. The van der Waals surface area contributed by atoms with Crippen molar-refractivity contribution in [2.75, 3.05) is 7.11 Å². The maximum absolute atomic E-state index is 6.37. The van der Waals surface area contributed by atoms with E-state index >= 15 is 0 Å². The molecule has 0 bridgehead atoms. The van der Waals surface area contributed by atoms with Crippen molar-refractivity contribution in [3.8, 4) is 5.75 Å². The lowest BCUT2D eigenvalue weighted by Gasteiger charge is -2.15. The van der Waals surface area contributed by atoms with Gasteiger partial charge in [0, 0.05) is 12.6 Å². The maximum Gasteiger partial charge on any atom is 0.119 e. The first kappa shape index (κ1) is 13.6. The molecule has 21 heavy (non-hydrogen) atoms. The Morgan fingerprint density at radius 2 is 2.00 bits per heavy atom. The van der Waals surface area contributed by atoms with Crippen LogP contribution in [0.4, 0.5) is 0 Å². The number of methoxy groups -OCH3 is 1. The van der Waals surface area contributed by atoms with Gasteiger partial charge in [-0.3, -0.25) is 0 Å². The van der Waals surface area contributed by atoms with Gasteiger partial charge in [0.1, 0.15) is 11.6 Å². The molecule has 2 aromatic carbocycles. The lowest BCUT2D eigenvalue weighted by atomic mass is 10.1. The molecule has 0 saturated carbocycles. The first-order chi connectivity index (χ1) is 10.2. The predicted octanol–water partition coefficient (Wildman–Crippen LogP) is 3.05. The van der Waals surface area contributed by atoms with Crippen LogP contribution in [0.3, 0.4) is 0 Å². The zero-order valence-electron chi connectivity index (χ0n) is 12.3. The molecule has 1 aromatic heterocycles. The van der Waals surface area contributed by atoms with Gasteiger partial charge in [0.15, 0.2) is 0 Å². The van der Waals surface area contributed by atoms with E-state index < -0.39 is 0 Å². The minimum atomic E-state index is -0.101.